The van der Waals surface area contributed by atoms with E-state index in [1.807, 2.05) is 20.0 Å². The maximum atomic E-state index is 5.75. The summed E-state index contributed by atoms with van der Waals surface area (Å²) < 4.78 is 2.61. The van der Waals surface area contributed by atoms with E-state index in [1.165, 1.54) is 0 Å². The van der Waals surface area contributed by atoms with Crippen LogP contribution in [0.4, 0.5) is 5.69 Å². The number of hydrogen-bond donors (Lipinski definition) is 1. The Morgan fingerprint density at radius 2 is 2.07 bits per heavy atom. The number of nitrogens with two attached hydrogens (primary N) is 1. The van der Waals surface area contributed by atoms with Crippen LogP contribution in [0.3, 0.4) is 0 Å². The summed E-state index contributed by atoms with van der Waals surface area (Å²) in [5, 5.41) is 4.20. The zero-order chi connectivity index (χ0) is 11.0. The van der Waals surface area contributed by atoms with Crippen LogP contribution in [-0.2, 0) is 0 Å². The van der Waals surface area contributed by atoms with E-state index < -0.39 is 0 Å². The van der Waals surface area contributed by atoms with Crippen molar-refractivity contribution < 1.29 is 0 Å². The van der Waals surface area contributed by atoms with Crippen LogP contribution in [0.2, 0.25) is 0 Å². The van der Waals surface area contributed by atoms with Crippen LogP contribution in [0.15, 0.2) is 23.1 Å². The van der Waals surface area contributed by atoms with Gasteiger partial charge in [0, 0.05) is 6.20 Å². The van der Waals surface area contributed by atoms with E-state index in [9.17, 15) is 0 Å². The summed E-state index contributed by atoms with van der Waals surface area (Å²) in [7, 11) is 0. The van der Waals surface area contributed by atoms with Crippen LogP contribution in [-0.4, -0.2) is 14.8 Å². The molecule has 0 fully saturated rings. The van der Waals surface area contributed by atoms with Gasteiger partial charge >= 0.3 is 0 Å². The number of aryl methyl sites for hydroxylation is 1. The smallest absolute Gasteiger partial charge is 0.168 e. The molecule has 0 atom stereocenters. The molecule has 0 bridgehead atoms. The number of nitrogen functional groups attached to an aromatic ring is 1. The first-order valence-electron chi connectivity index (χ1n) is 4.52. The fraction of sp³-hybridized carbons (Fsp3) is 0.200. The number of anilines is 1. The molecule has 2 rings (SSSR count). The minimum Gasteiger partial charge on any atom is -0.397 e. The molecule has 5 heteroatoms. The number of halogens is 1. The van der Waals surface area contributed by atoms with Gasteiger partial charge in [0.1, 0.15) is 0 Å². The quantitative estimate of drug-likeness (QED) is 0.861. The van der Waals surface area contributed by atoms with Crippen molar-refractivity contribution in [1.29, 1.82) is 0 Å². The molecule has 2 N–H and O–H groups in total. The summed E-state index contributed by atoms with van der Waals surface area (Å²) in [5.41, 5.74) is 8.50. The van der Waals surface area contributed by atoms with Crippen molar-refractivity contribution in [2.24, 2.45) is 0 Å². The fourth-order valence-corrected chi connectivity index (χ4v) is 1.78. The molecule has 15 heavy (non-hydrogen) atoms. The number of aromatic nitrogens is 3. The van der Waals surface area contributed by atoms with Crippen LogP contribution in [0.1, 0.15) is 11.1 Å². The van der Waals surface area contributed by atoms with Gasteiger partial charge in [0.05, 0.1) is 22.6 Å². The van der Waals surface area contributed by atoms with Crippen molar-refractivity contribution in [3.05, 3.63) is 34.2 Å². The molecule has 0 aromatic carbocycles. The molecule has 0 saturated carbocycles. The summed E-state index contributed by atoms with van der Waals surface area (Å²) in [4.78, 5) is 4.25. The molecule has 2 heterocycles. The van der Waals surface area contributed by atoms with Crippen molar-refractivity contribution in [1.82, 2.24) is 14.8 Å². The average Bonchev–Trinajstić information content (AvgIpc) is 2.61. The SMILES string of the molecule is Cc1cnn(-c2ncc(N)c(C)c2Br)c1. The third-order valence-corrected chi connectivity index (χ3v) is 3.16. The predicted molar refractivity (Wildman–Crippen MR) is 62.9 cm³/mol. The van der Waals surface area contributed by atoms with Gasteiger partial charge in [-0.3, -0.25) is 0 Å². The highest BCUT2D eigenvalue weighted by Crippen LogP contribution is 2.26. The zero-order valence-electron chi connectivity index (χ0n) is 8.53. The Hall–Kier alpha value is -1.36. The van der Waals surface area contributed by atoms with Crippen molar-refractivity contribution in [3.63, 3.8) is 0 Å². The monoisotopic (exact) mass is 266 g/mol. The second-order valence-corrected chi connectivity index (χ2v) is 4.23. The van der Waals surface area contributed by atoms with Crippen molar-refractivity contribution in [2.75, 3.05) is 5.73 Å². The maximum absolute atomic E-state index is 5.75. The summed E-state index contributed by atoms with van der Waals surface area (Å²) >= 11 is 3.47. The topological polar surface area (TPSA) is 56.7 Å². The van der Waals surface area contributed by atoms with Crippen LogP contribution < -0.4 is 5.73 Å². The van der Waals surface area contributed by atoms with Gasteiger partial charge in [0.25, 0.3) is 0 Å². The molecule has 2 aromatic rings. The Bertz CT molecular complexity index is 504. The van der Waals surface area contributed by atoms with E-state index in [1.54, 1.807) is 17.1 Å². The van der Waals surface area contributed by atoms with E-state index in [2.05, 4.69) is 26.0 Å². The van der Waals surface area contributed by atoms with E-state index in [-0.39, 0.29) is 0 Å². The lowest BCUT2D eigenvalue weighted by Gasteiger charge is -2.07. The Morgan fingerprint density at radius 1 is 1.33 bits per heavy atom. The minimum atomic E-state index is 0.675. The molecule has 0 spiro atoms. The van der Waals surface area contributed by atoms with Gasteiger partial charge < -0.3 is 5.73 Å². The Kier molecular flexibility index (Phi) is 2.48. The lowest BCUT2D eigenvalue weighted by atomic mass is 10.2. The van der Waals surface area contributed by atoms with Crippen LogP contribution in [0, 0.1) is 13.8 Å². The first-order chi connectivity index (χ1) is 7.09. The molecular formula is C10H11BrN4. The van der Waals surface area contributed by atoms with Crippen molar-refractivity contribution in [2.45, 2.75) is 13.8 Å². The summed E-state index contributed by atoms with van der Waals surface area (Å²) in [6.45, 7) is 3.93. The molecule has 0 aliphatic rings. The molecular weight excluding hydrogens is 256 g/mol. The van der Waals surface area contributed by atoms with Crippen molar-refractivity contribution in [3.8, 4) is 5.82 Å². The molecule has 0 unspecified atom stereocenters. The zero-order valence-corrected chi connectivity index (χ0v) is 10.1. The van der Waals surface area contributed by atoms with E-state index in [0.29, 0.717) is 5.69 Å². The first-order valence-corrected chi connectivity index (χ1v) is 5.31. The molecule has 4 nitrogen and oxygen atoms in total. The highest BCUT2D eigenvalue weighted by molar-refractivity contribution is 9.10. The Morgan fingerprint density at radius 3 is 2.67 bits per heavy atom. The van der Waals surface area contributed by atoms with Gasteiger partial charge in [-0.05, 0) is 40.9 Å². The third kappa shape index (κ3) is 1.74. The average molecular weight is 267 g/mol. The summed E-state index contributed by atoms with van der Waals surface area (Å²) in [6, 6.07) is 0. The van der Waals surface area contributed by atoms with Crippen LogP contribution in [0.5, 0.6) is 0 Å². The minimum absolute atomic E-state index is 0.675. The molecule has 0 radical (unpaired) electrons. The van der Waals surface area contributed by atoms with Gasteiger partial charge in [0.2, 0.25) is 0 Å². The lowest BCUT2D eigenvalue weighted by Crippen LogP contribution is -2.02. The molecule has 2 aromatic heterocycles. The summed E-state index contributed by atoms with van der Waals surface area (Å²) in [5.74, 6) is 0.759. The van der Waals surface area contributed by atoms with Crippen LogP contribution >= 0.6 is 15.9 Å². The molecule has 0 amide bonds. The lowest BCUT2D eigenvalue weighted by molar-refractivity contribution is 0.839. The third-order valence-electron chi connectivity index (χ3n) is 2.21. The number of pyridine rings is 1. The van der Waals surface area contributed by atoms with Crippen molar-refractivity contribution >= 4 is 21.6 Å². The summed E-state index contributed by atoms with van der Waals surface area (Å²) in [6.07, 6.45) is 5.36. The Balaban J connectivity index is 2.59. The molecule has 0 aliphatic carbocycles. The van der Waals surface area contributed by atoms with Crippen LogP contribution in [0.25, 0.3) is 5.82 Å². The second-order valence-electron chi connectivity index (χ2n) is 3.44. The van der Waals surface area contributed by atoms with E-state index in [0.717, 1.165) is 21.4 Å². The Labute approximate surface area is 96.3 Å². The molecule has 0 saturated heterocycles. The first kappa shape index (κ1) is 10.2. The highest BCUT2D eigenvalue weighted by Gasteiger charge is 2.09. The number of hydrogen-bond acceptors (Lipinski definition) is 3. The van der Waals surface area contributed by atoms with Gasteiger partial charge in [-0.15, -0.1) is 0 Å². The molecule has 78 valence electrons. The predicted octanol–water partition coefficient (Wildman–Crippen LogP) is 2.23. The standard InChI is InChI=1S/C10H11BrN4/c1-6-3-14-15(5-6)10-9(11)7(2)8(12)4-13-10/h3-5H,12H2,1-2H3. The van der Waals surface area contributed by atoms with Gasteiger partial charge in [0.15, 0.2) is 5.82 Å². The van der Waals surface area contributed by atoms with E-state index in [4.69, 9.17) is 5.73 Å². The van der Waals surface area contributed by atoms with E-state index >= 15 is 0 Å². The number of rotatable bonds is 1. The normalized spacial score (nSPS) is 10.6. The second kappa shape index (κ2) is 3.66. The maximum Gasteiger partial charge on any atom is 0.168 e. The van der Waals surface area contributed by atoms with Gasteiger partial charge in [-0.1, -0.05) is 0 Å². The van der Waals surface area contributed by atoms with Gasteiger partial charge in [-0.25, -0.2) is 9.67 Å². The highest BCUT2D eigenvalue weighted by atomic mass is 79.9. The van der Waals surface area contributed by atoms with Gasteiger partial charge in [-0.2, -0.15) is 5.10 Å². The molecule has 0 aliphatic heterocycles. The number of nitrogens with zero attached hydrogens (tertiary/aromatic N) is 3. The fourth-order valence-electron chi connectivity index (χ4n) is 1.27. The largest absolute Gasteiger partial charge is 0.397 e.